The number of hydrogen-bond donors (Lipinski definition) is 1. The van der Waals surface area contributed by atoms with E-state index in [-0.39, 0.29) is 5.91 Å². The number of aryl methyl sites for hydroxylation is 2. The van der Waals surface area contributed by atoms with E-state index in [4.69, 9.17) is 4.74 Å². The van der Waals surface area contributed by atoms with Gasteiger partial charge in [0.15, 0.2) is 5.13 Å². The van der Waals surface area contributed by atoms with Crippen LogP contribution in [0.5, 0.6) is 0 Å². The van der Waals surface area contributed by atoms with E-state index in [2.05, 4.69) is 26.2 Å². The van der Waals surface area contributed by atoms with Crippen LogP contribution in [0.1, 0.15) is 41.8 Å². The maximum absolute atomic E-state index is 13.3. The van der Waals surface area contributed by atoms with Crippen molar-refractivity contribution in [3.63, 3.8) is 0 Å². The second-order valence-electron chi connectivity index (χ2n) is 6.75. The Balaban J connectivity index is 1.61. The molecule has 1 aliphatic carbocycles. The van der Waals surface area contributed by atoms with Gasteiger partial charge >= 0.3 is 0 Å². The minimum Gasteiger partial charge on any atom is -0.381 e. The first-order valence-electron chi connectivity index (χ1n) is 8.81. The Hall–Kier alpha value is -1.24. The number of halogens is 1. The van der Waals surface area contributed by atoms with Crippen molar-refractivity contribution in [2.75, 3.05) is 18.5 Å². The van der Waals surface area contributed by atoms with Gasteiger partial charge in [-0.05, 0) is 56.2 Å². The van der Waals surface area contributed by atoms with Gasteiger partial charge in [0.1, 0.15) is 0 Å². The molecule has 1 aliphatic heterocycles. The van der Waals surface area contributed by atoms with Gasteiger partial charge in [-0.1, -0.05) is 28.1 Å². The topological polar surface area (TPSA) is 51.2 Å². The highest BCUT2D eigenvalue weighted by molar-refractivity contribution is 9.10. The molecule has 2 heterocycles. The fourth-order valence-corrected chi connectivity index (χ4v) is 5.07. The summed E-state index contributed by atoms with van der Waals surface area (Å²) < 4.78 is 6.55. The second-order valence-corrected chi connectivity index (χ2v) is 8.75. The molecule has 1 aromatic carbocycles. The van der Waals surface area contributed by atoms with Crippen LogP contribution in [0.25, 0.3) is 0 Å². The van der Waals surface area contributed by atoms with E-state index in [1.807, 2.05) is 24.3 Å². The average molecular weight is 421 g/mol. The normalized spacial score (nSPS) is 19.2. The highest BCUT2D eigenvalue weighted by atomic mass is 79.9. The molecule has 2 aliphatic rings. The molecule has 0 radical (unpaired) electrons. The number of hydrogen-bond acceptors (Lipinski definition) is 4. The zero-order chi connectivity index (χ0) is 17.3. The Bertz CT molecular complexity index is 743. The third-order valence-electron chi connectivity index (χ3n) is 5.24. The number of carbonyl (C=O) groups is 1. The smallest absolute Gasteiger partial charge is 0.236 e. The van der Waals surface area contributed by atoms with Gasteiger partial charge in [0.2, 0.25) is 5.91 Å². The highest BCUT2D eigenvalue weighted by Crippen LogP contribution is 2.38. The molecule has 1 fully saturated rings. The number of rotatable bonds is 3. The molecule has 4 rings (SSSR count). The quantitative estimate of drug-likeness (QED) is 0.796. The number of fused-ring (bicyclic) bond motifs is 1. The number of aromatic nitrogens is 1. The van der Waals surface area contributed by atoms with Gasteiger partial charge in [-0.25, -0.2) is 4.98 Å². The molecule has 1 saturated heterocycles. The molecule has 4 nitrogen and oxygen atoms in total. The van der Waals surface area contributed by atoms with Crippen molar-refractivity contribution in [1.29, 1.82) is 0 Å². The third kappa shape index (κ3) is 3.39. The van der Waals surface area contributed by atoms with E-state index in [1.54, 1.807) is 11.3 Å². The average Bonchev–Trinajstić information content (AvgIpc) is 3.05. The molecule has 0 saturated carbocycles. The molecule has 0 atom stereocenters. The summed E-state index contributed by atoms with van der Waals surface area (Å²) in [5.41, 5.74) is 1.69. The van der Waals surface area contributed by atoms with Crippen LogP contribution in [0.4, 0.5) is 5.13 Å². The number of benzene rings is 1. The standard InChI is InChI=1S/C19H21BrN2O2S/c20-14-7-5-13(6-8-14)19(9-11-24-12-10-19)17(23)22-18-21-15-3-1-2-4-16(15)25-18/h5-8H,1-4,9-12H2,(H,21,22,23). The van der Waals surface area contributed by atoms with Crippen molar-refractivity contribution >= 4 is 38.3 Å². The number of carbonyl (C=O) groups excluding carboxylic acids is 1. The number of nitrogens with zero attached hydrogens (tertiary/aromatic N) is 1. The molecule has 1 N–H and O–H groups in total. The van der Waals surface area contributed by atoms with Crippen molar-refractivity contribution in [2.45, 2.75) is 43.9 Å². The van der Waals surface area contributed by atoms with Gasteiger partial charge < -0.3 is 10.1 Å². The molecule has 0 spiro atoms. The van der Waals surface area contributed by atoms with E-state index in [9.17, 15) is 4.79 Å². The fourth-order valence-electron chi connectivity index (χ4n) is 3.76. The lowest BCUT2D eigenvalue weighted by Gasteiger charge is -2.36. The van der Waals surface area contributed by atoms with Crippen LogP contribution in [-0.4, -0.2) is 24.1 Å². The van der Waals surface area contributed by atoms with Crippen LogP contribution >= 0.6 is 27.3 Å². The second kappa shape index (κ2) is 7.17. The molecule has 6 heteroatoms. The van der Waals surface area contributed by atoms with Crippen LogP contribution in [0.3, 0.4) is 0 Å². The minimum absolute atomic E-state index is 0.0456. The predicted octanol–water partition coefficient (Wildman–Crippen LogP) is 4.47. The lowest BCUT2D eigenvalue weighted by atomic mass is 9.73. The number of nitrogens with one attached hydrogen (secondary N) is 1. The van der Waals surface area contributed by atoms with Gasteiger partial charge in [-0.2, -0.15) is 0 Å². The van der Waals surface area contributed by atoms with Gasteiger partial charge in [0, 0.05) is 22.6 Å². The summed E-state index contributed by atoms with van der Waals surface area (Å²) in [7, 11) is 0. The first-order chi connectivity index (χ1) is 12.2. The maximum Gasteiger partial charge on any atom is 0.236 e. The lowest BCUT2D eigenvalue weighted by molar-refractivity contribution is -0.125. The van der Waals surface area contributed by atoms with Gasteiger partial charge in [-0.15, -0.1) is 11.3 Å². The van der Waals surface area contributed by atoms with Crippen molar-refractivity contribution in [1.82, 2.24) is 4.98 Å². The lowest BCUT2D eigenvalue weighted by Crippen LogP contribution is -2.44. The summed E-state index contributed by atoms with van der Waals surface area (Å²) >= 11 is 5.12. The molecule has 1 aromatic heterocycles. The van der Waals surface area contributed by atoms with Crippen molar-refractivity contribution in [3.8, 4) is 0 Å². The molecule has 25 heavy (non-hydrogen) atoms. The van der Waals surface area contributed by atoms with E-state index in [0.717, 1.165) is 28.0 Å². The van der Waals surface area contributed by atoms with Crippen molar-refractivity contribution in [3.05, 3.63) is 44.9 Å². The van der Waals surface area contributed by atoms with Crippen LogP contribution in [0.2, 0.25) is 0 Å². The summed E-state index contributed by atoms with van der Waals surface area (Å²) in [6, 6.07) is 8.09. The van der Waals surface area contributed by atoms with Crippen molar-refractivity contribution in [2.24, 2.45) is 0 Å². The Labute approximate surface area is 160 Å². The molecular weight excluding hydrogens is 400 g/mol. The molecule has 132 valence electrons. The fraction of sp³-hybridized carbons (Fsp3) is 0.474. The molecule has 2 aromatic rings. The number of ether oxygens (including phenoxy) is 1. The van der Waals surface area contributed by atoms with Crippen LogP contribution < -0.4 is 5.32 Å². The molecule has 0 unspecified atom stereocenters. The SMILES string of the molecule is O=C(Nc1nc2c(s1)CCCC2)C1(c2ccc(Br)cc2)CCOCC1. The van der Waals surface area contributed by atoms with Gasteiger partial charge in [0.05, 0.1) is 11.1 Å². The Morgan fingerprint density at radius 1 is 1.16 bits per heavy atom. The summed E-state index contributed by atoms with van der Waals surface area (Å²) in [5.74, 6) is 0.0456. The highest BCUT2D eigenvalue weighted by Gasteiger charge is 2.42. The minimum atomic E-state index is -0.537. The Morgan fingerprint density at radius 3 is 2.60 bits per heavy atom. The first-order valence-corrected chi connectivity index (χ1v) is 10.4. The Kier molecular flexibility index (Phi) is 4.93. The van der Waals surface area contributed by atoms with E-state index < -0.39 is 5.41 Å². The summed E-state index contributed by atoms with van der Waals surface area (Å²) in [4.78, 5) is 19.3. The number of amides is 1. The maximum atomic E-state index is 13.3. The van der Waals surface area contributed by atoms with Crippen LogP contribution in [0.15, 0.2) is 28.7 Å². The predicted molar refractivity (Wildman–Crippen MR) is 103 cm³/mol. The summed E-state index contributed by atoms with van der Waals surface area (Å²) in [6.07, 6.45) is 5.95. The van der Waals surface area contributed by atoms with E-state index >= 15 is 0 Å². The molecule has 0 bridgehead atoms. The van der Waals surface area contributed by atoms with Crippen LogP contribution in [0, 0.1) is 0 Å². The van der Waals surface area contributed by atoms with Crippen LogP contribution in [-0.2, 0) is 27.8 Å². The zero-order valence-electron chi connectivity index (χ0n) is 14.0. The molecular formula is C19H21BrN2O2S. The monoisotopic (exact) mass is 420 g/mol. The van der Waals surface area contributed by atoms with Gasteiger partial charge in [0.25, 0.3) is 0 Å². The van der Waals surface area contributed by atoms with E-state index in [0.29, 0.717) is 26.1 Å². The number of anilines is 1. The van der Waals surface area contributed by atoms with Gasteiger partial charge in [-0.3, -0.25) is 4.79 Å². The summed E-state index contributed by atoms with van der Waals surface area (Å²) in [5, 5.41) is 3.87. The Morgan fingerprint density at radius 2 is 1.88 bits per heavy atom. The summed E-state index contributed by atoms with van der Waals surface area (Å²) in [6.45, 7) is 1.22. The largest absolute Gasteiger partial charge is 0.381 e. The zero-order valence-corrected chi connectivity index (χ0v) is 16.4. The van der Waals surface area contributed by atoms with E-state index in [1.165, 1.54) is 23.4 Å². The first kappa shape index (κ1) is 17.2. The third-order valence-corrected chi connectivity index (χ3v) is 6.85. The molecule has 1 amide bonds. The number of thiazole rings is 1. The van der Waals surface area contributed by atoms with Crippen molar-refractivity contribution < 1.29 is 9.53 Å².